The van der Waals surface area contributed by atoms with Gasteiger partial charge in [-0.1, -0.05) is 15.9 Å². The van der Waals surface area contributed by atoms with E-state index in [1.54, 1.807) is 32.4 Å². The third kappa shape index (κ3) is 4.66. The molecule has 0 heterocycles. The van der Waals surface area contributed by atoms with Crippen molar-refractivity contribution in [1.82, 2.24) is 0 Å². The molecule has 0 aliphatic carbocycles. The minimum atomic E-state index is -0.154. The van der Waals surface area contributed by atoms with Crippen LogP contribution in [0.2, 0.25) is 0 Å². The van der Waals surface area contributed by atoms with E-state index in [9.17, 15) is 4.79 Å². The molecule has 0 fully saturated rings. The molecule has 0 radical (unpaired) electrons. The number of ether oxygens (including phenoxy) is 2. The number of nitrogens with one attached hydrogen (secondary N) is 2. The standard InChI is InChI=1S/C16H17BrN2O3/c1-21-14-7-13(8-15(9-14)22-2)19-16(20)10-18-12-5-3-11(17)4-6-12/h3-9,18H,10H2,1-2H3,(H,19,20). The van der Waals surface area contributed by atoms with E-state index in [4.69, 9.17) is 9.47 Å². The molecule has 22 heavy (non-hydrogen) atoms. The summed E-state index contributed by atoms with van der Waals surface area (Å²) >= 11 is 3.37. The van der Waals surface area contributed by atoms with Crippen molar-refractivity contribution >= 4 is 33.2 Å². The predicted octanol–water partition coefficient (Wildman–Crippen LogP) is 3.52. The first-order valence-corrected chi connectivity index (χ1v) is 7.42. The number of halogens is 1. The fourth-order valence-electron chi connectivity index (χ4n) is 1.83. The Morgan fingerprint density at radius 2 is 1.59 bits per heavy atom. The van der Waals surface area contributed by atoms with Crippen LogP contribution in [0.3, 0.4) is 0 Å². The van der Waals surface area contributed by atoms with Crippen molar-refractivity contribution in [3.63, 3.8) is 0 Å². The van der Waals surface area contributed by atoms with Crippen LogP contribution in [0.1, 0.15) is 0 Å². The maximum absolute atomic E-state index is 12.0. The Labute approximate surface area is 137 Å². The Morgan fingerprint density at radius 3 is 2.14 bits per heavy atom. The van der Waals surface area contributed by atoms with Crippen LogP contribution in [-0.2, 0) is 4.79 Å². The van der Waals surface area contributed by atoms with Crippen molar-refractivity contribution in [1.29, 1.82) is 0 Å². The SMILES string of the molecule is COc1cc(NC(=O)CNc2ccc(Br)cc2)cc(OC)c1. The molecule has 0 atom stereocenters. The van der Waals surface area contributed by atoms with Crippen molar-refractivity contribution in [2.75, 3.05) is 31.4 Å². The molecule has 0 saturated carbocycles. The molecule has 0 unspecified atom stereocenters. The normalized spacial score (nSPS) is 9.95. The molecule has 0 spiro atoms. The molecule has 2 rings (SSSR count). The second-order valence-electron chi connectivity index (χ2n) is 4.51. The first-order chi connectivity index (χ1) is 10.6. The lowest BCUT2D eigenvalue weighted by molar-refractivity contribution is -0.114. The Morgan fingerprint density at radius 1 is 1.00 bits per heavy atom. The number of hydrogen-bond acceptors (Lipinski definition) is 4. The van der Waals surface area contributed by atoms with Crippen molar-refractivity contribution in [3.8, 4) is 11.5 Å². The maximum atomic E-state index is 12.0. The number of anilines is 2. The lowest BCUT2D eigenvalue weighted by Crippen LogP contribution is -2.21. The van der Waals surface area contributed by atoms with E-state index in [0.29, 0.717) is 17.2 Å². The molecule has 2 aromatic rings. The molecule has 2 aromatic carbocycles. The Kier molecular flexibility index (Phi) is 5.66. The molecule has 116 valence electrons. The van der Waals surface area contributed by atoms with Crippen molar-refractivity contribution in [2.45, 2.75) is 0 Å². The molecule has 5 nitrogen and oxygen atoms in total. The summed E-state index contributed by atoms with van der Waals surface area (Å²) in [6.07, 6.45) is 0. The maximum Gasteiger partial charge on any atom is 0.243 e. The molecule has 6 heteroatoms. The summed E-state index contributed by atoms with van der Waals surface area (Å²) < 4.78 is 11.3. The third-order valence-corrected chi connectivity index (χ3v) is 3.46. The number of carbonyl (C=O) groups excluding carboxylic acids is 1. The van der Waals surface area contributed by atoms with E-state index < -0.39 is 0 Å². The van der Waals surface area contributed by atoms with Gasteiger partial charge in [0.25, 0.3) is 0 Å². The van der Waals surface area contributed by atoms with Crippen LogP contribution in [0.25, 0.3) is 0 Å². The van der Waals surface area contributed by atoms with Gasteiger partial charge in [0.1, 0.15) is 11.5 Å². The zero-order chi connectivity index (χ0) is 15.9. The van der Waals surface area contributed by atoms with E-state index in [2.05, 4.69) is 26.6 Å². The topological polar surface area (TPSA) is 59.6 Å². The zero-order valence-electron chi connectivity index (χ0n) is 12.4. The van der Waals surface area contributed by atoms with E-state index >= 15 is 0 Å². The van der Waals surface area contributed by atoms with Crippen LogP contribution in [0.15, 0.2) is 46.9 Å². The Bertz CT molecular complexity index is 622. The van der Waals surface area contributed by atoms with Gasteiger partial charge in [-0.05, 0) is 24.3 Å². The van der Waals surface area contributed by atoms with Gasteiger partial charge >= 0.3 is 0 Å². The van der Waals surface area contributed by atoms with Crippen LogP contribution in [0, 0.1) is 0 Å². The minimum absolute atomic E-state index is 0.154. The van der Waals surface area contributed by atoms with Gasteiger partial charge in [0.15, 0.2) is 0 Å². The molecule has 2 N–H and O–H groups in total. The molecular weight excluding hydrogens is 348 g/mol. The van der Waals surface area contributed by atoms with Crippen molar-refractivity contribution < 1.29 is 14.3 Å². The molecule has 1 amide bonds. The van der Waals surface area contributed by atoms with Gasteiger partial charge < -0.3 is 20.1 Å². The summed E-state index contributed by atoms with van der Waals surface area (Å²) in [5, 5.41) is 5.86. The fourth-order valence-corrected chi connectivity index (χ4v) is 2.10. The van der Waals surface area contributed by atoms with Crippen molar-refractivity contribution in [3.05, 3.63) is 46.9 Å². The molecular formula is C16H17BrN2O3. The highest BCUT2D eigenvalue weighted by Gasteiger charge is 2.06. The molecule has 0 aliphatic heterocycles. The van der Waals surface area contributed by atoms with Crippen LogP contribution in [-0.4, -0.2) is 26.7 Å². The Hall–Kier alpha value is -2.21. The van der Waals surface area contributed by atoms with Crippen LogP contribution in [0.5, 0.6) is 11.5 Å². The Balaban J connectivity index is 1.95. The fraction of sp³-hybridized carbons (Fsp3) is 0.188. The highest BCUT2D eigenvalue weighted by molar-refractivity contribution is 9.10. The van der Waals surface area contributed by atoms with Crippen molar-refractivity contribution in [2.24, 2.45) is 0 Å². The summed E-state index contributed by atoms with van der Waals surface area (Å²) in [5.74, 6) is 1.09. The molecule has 0 saturated heterocycles. The first-order valence-electron chi connectivity index (χ1n) is 6.63. The third-order valence-electron chi connectivity index (χ3n) is 2.93. The van der Waals surface area contributed by atoms with E-state index in [-0.39, 0.29) is 12.5 Å². The summed E-state index contributed by atoms with van der Waals surface area (Å²) in [6.45, 7) is 0.168. The van der Waals surface area contributed by atoms with Crippen LogP contribution < -0.4 is 20.1 Å². The zero-order valence-corrected chi connectivity index (χ0v) is 13.9. The van der Waals surface area contributed by atoms with Gasteiger partial charge in [-0.15, -0.1) is 0 Å². The average Bonchev–Trinajstić information content (AvgIpc) is 2.54. The van der Waals surface area contributed by atoms with Crippen LogP contribution in [0.4, 0.5) is 11.4 Å². The van der Waals surface area contributed by atoms with Gasteiger partial charge in [0, 0.05) is 34.0 Å². The molecule has 0 bridgehead atoms. The molecule has 0 aromatic heterocycles. The number of hydrogen-bond donors (Lipinski definition) is 2. The van der Waals surface area contributed by atoms with E-state index in [0.717, 1.165) is 10.2 Å². The lowest BCUT2D eigenvalue weighted by atomic mass is 10.2. The number of amides is 1. The van der Waals surface area contributed by atoms with Gasteiger partial charge in [-0.25, -0.2) is 0 Å². The van der Waals surface area contributed by atoms with Gasteiger partial charge in [0.05, 0.1) is 20.8 Å². The smallest absolute Gasteiger partial charge is 0.243 e. The quantitative estimate of drug-likeness (QED) is 0.823. The minimum Gasteiger partial charge on any atom is -0.497 e. The van der Waals surface area contributed by atoms with E-state index in [1.165, 1.54) is 0 Å². The van der Waals surface area contributed by atoms with Gasteiger partial charge in [-0.2, -0.15) is 0 Å². The van der Waals surface area contributed by atoms with E-state index in [1.807, 2.05) is 24.3 Å². The summed E-state index contributed by atoms with van der Waals surface area (Å²) in [5.41, 5.74) is 1.50. The first kappa shape index (κ1) is 16.2. The number of rotatable bonds is 6. The molecule has 0 aliphatic rings. The second-order valence-corrected chi connectivity index (χ2v) is 5.43. The summed E-state index contributed by atoms with van der Waals surface area (Å²) in [6, 6.07) is 12.8. The average molecular weight is 365 g/mol. The second kappa shape index (κ2) is 7.70. The monoisotopic (exact) mass is 364 g/mol. The number of methoxy groups -OCH3 is 2. The largest absolute Gasteiger partial charge is 0.497 e. The summed E-state index contributed by atoms with van der Waals surface area (Å²) in [7, 11) is 3.13. The number of benzene rings is 2. The highest BCUT2D eigenvalue weighted by atomic mass is 79.9. The number of carbonyl (C=O) groups is 1. The van der Waals surface area contributed by atoms with Gasteiger partial charge in [-0.3, -0.25) is 4.79 Å². The van der Waals surface area contributed by atoms with Crippen LogP contribution >= 0.6 is 15.9 Å². The lowest BCUT2D eigenvalue weighted by Gasteiger charge is -2.11. The predicted molar refractivity (Wildman–Crippen MR) is 90.8 cm³/mol. The summed E-state index contributed by atoms with van der Waals surface area (Å²) in [4.78, 5) is 12.0. The highest BCUT2D eigenvalue weighted by Crippen LogP contribution is 2.25. The van der Waals surface area contributed by atoms with Gasteiger partial charge in [0.2, 0.25) is 5.91 Å².